The van der Waals surface area contributed by atoms with Crippen molar-refractivity contribution >= 4 is 60.3 Å². The Morgan fingerprint density at radius 2 is 0.941 bits per heavy atom. The third-order valence-corrected chi connectivity index (χ3v) is 10.1. The standard InChI is InChI=1S/C45H28N6/c1-3-14-29(15-4-1)43-45-47-44(48-51(45)40-25-12-9-22-37(40)46-43)30-16-13-19-32(26-30)50-39-24-11-8-21-34(39)36-27-35-33-20-7-10-23-38(33)49(41(35)28-42(36)50)31-17-5-2-6-18-31/h1-28H. The Morgan fingerprint density at radius 1 is 0.373 bits per heavy atom. The van der Waals surface area contributed by atoms with Gasteiger partial charge in [0.1, 0.15) is 5.69 Å². The fourth-order valence-electron chi connectivity index (χ4n) is 7.80. The van der Waals surface area contributed by atoms with Crippen LogP contribution >= 0.6 is 0 Å². The van der Waals surface area contributed by atoms with Crippen LogP contribution in [-0.2, 0) is 0 Å². The molecule has 0 saturated carbocycles. The molecule has 0 fully saturated rings. The summed E-state index contributed by atoms with van der Waals surface area (Å²) in [6.45, 7) is 0. The molecule has 11 rings (SSSR count). The maximum Gasteiger partial charge on any atom is 0.182 e. The Balaban J connectivity index is 1.16. The lowest BCUT2D eigenvalue weighted by atomic mass is 10.1. The van der Waals surface area contributed by atoms with Crippen molar-refractivity contribution in [1.29, 1.82) is 0 Å². The van der Waals surface area contributed by atoms with E-state index in [1.807, 2.05) is 47.0 Å². The minimum Gasteiger partial charge on any atom is -0.309 e. The van der Waals surface area contributed by atoms with E-state index in [0.29, 0.717) is 5.82 Å². The molecule has 6 heteroatoms. The average Bonchev–Trinajstić information content (AvgIpc) is 3.88. The van der Waals surface area contributed by atoms with Crippen molar-refractivity contribution in [2.24, 2.45) is 0 Å². The van der Waals surface area contributed by atoms with Gasteiger partial charge in [0.25, 0.3) is 0 Å². The van der Waals surface area contributed by atoms with Gasteiger partial charge in [0, 0.05) is 44.0 Å². The van der Waals surface area contributed by atoms with E-state index in [4.69, 9.17) is 15.1 Å². The molecule has 0 aliphatic rings. The highest BCUT2D eigenvalue weighted by atomic mass is 15.3. The molecule has 0 radical (unpaired) electrons. The Kier molecular flexibility index (Phi) is 5.86. The van der Waals surface area contributed by atoms with Crippen LogP contribution in [0.25, 0.3) is 94.3 Å². The molecule has 11 aromatic rings. The number of benzene rings is 7. The molecule has 51 heavy (non-hydrogen) atoms. The summed E-state index contributed by atoms with van der Waals surface area (Å²) in [5.41, 5.74) is 12.1. The summed E-state index contributed by atoms with van der Waals surface area (Å²) in [4.78, 5) is 10.2. The van der Waals surface area contributed by atoms with Gasteiger partial charge < -0.3 is 9.13 Å². The lowest BCUT2D eigenvalue weighted by Gasteiger charge is -2.11. The molecule has 0 atom stereocenters. The average molecular weight is 653 g/mol. The van der Waals surface area contributed by atoms with Crippen LogP contribution in [0.1, 0.15) is 0 Å². The second-order valence-electron chi connectivity index (χ2n) is 13.0. The molecular weight excluding hydrogens is 625 g/mol. The summed E-state index contributed by atoms with van der Waals surface area (Å²) in [5.74, 6) is 0.652. The number of aromatic nitrogens is 6. The number of fused-ring (bicyclic) bond motifs is 9. The van der Waals surface area contributed by atoms with Crippen molar-refractivity contribution in [3.05, 3.63) is 170 Å². The smallest absolute Gasteiger partial charge is 0.182 e. The number of nitrogens with zero attached hydrogens (tertiary/aromatic N) is 6. The van der Waals surface area contributed by atoms with Crippen molar-refractivity contribution in [2.75, 3.05) is 0 Å². The molecule has 0 bridgehead atoms. The van der Waals surface area contributed by atoms with E-state index >= 15 is 0 Å². The maximum atomic E-state index is 5.14. The number of hydrogen-bond acceptors (Lipinski definition) is 3. The molecule has 0 amide bonds. The van der Waals surface area contributed by atoms with Crippen LogP contribution in [0.4, 0.5) is 0 Å². The van der Waals surface area contributed by atoms with Gasteiger partial charge >= 0.3 is 0 Å². The molecule has 4 heterocycles. The minimum absolute atomic E-state index is 0.652. The second kappa shape index (κ2) is 10.7. The monoisotopic (exact) mass is 652 g/mol. The SMILES string of the molecule is c1ccc(-c2nc3ccccc3n3nc(-c4cccc(-n5c6ccccc6c6cc7c8ccccc8n(-c8ccccc8)c7cc65)c4)nc23)cc1. The van der Waals surface area contributed by atoms with Crippen LogP contribution in [0.3, 0.4) is 0 Å². The number of hydrogen-bond donors (Lipinski definition) is 0. The lowest BCUT2D eigenvalue weighted by Crippen LogP contribution is -1.97. The molecule has 6 nitrogen and oxygen atoms in total. The van der Waals surface area contributed by atoms with E-state index in [1.54, 1.807) is 0 Å². The highest BCUT2D eigenvalue weighted by Crippen LogP contribution is 2.40. The van der Waals surface area contributed by atoms with Crippen molar-refractivity contribution in [1.82, 2.24) is 28.7 Å². The van der Waals surface area contributed by atoms with Crippen LogP contribution in [-0.4, -0.2) is 28.7 Å². The van der Waals surface area contributed by atoms with Gasteiger partial charge in [-0.25, -0.2) is 14.5 Å². The first-order valence-corrected chi connectivity index (χ1v) is 17.1. The van der Waals surface area contributed by atoms with Gasteiger partial charge in [0.15, 0.2) is 11.5 Å². The summed E-state index contributed by atoms with van der Waals surface area (Å²) in [7, 11) is 0. The Morgan fingerprint density at radius 3 is 1.67 bits per heavy atom. The minimum atomic E-state index is 0.652. The summed E-state index contributed by atoms with van der Waals surface area (Å²) in [5, 5.41) is 10.0. The van der Waals surface area contributed by atoms with E-state index in [0.717, 1.165) is 55.9 Å². The van der Waals surface area contributed by atoms with Gasteiger partial charge in [-0.3, -0.25) is 0 Å². The zero-order chi connectivity index (χ0) is 33.5. The first kappa shape index (κ1) is 27.9. The van der Waals surface area contributed by atoms with E-state index in [9.17, 15) is 0 Å². The predicted octanol–water partition coefficient (Wildman–Crippen LogP) is 10.8. The van der Waals surface area contributed by atoms with Gasteiger partial charge in [-0.15, -0.1) is 5.10 Å². The molecule has 0 unspecified atom stereocenters. The fourth-order valence-corrected chi connectivity index (χ4v) is 7.80. The van der Waals surface area contributed by atoms with E-state index < -0.39 is 0 Å². The molecule has 4 aromatic heterocycles. The van der Waals surface area contributed by atoms with Crippen molar-refractivity contribution in [3.63, 3.8) is 0 Å². The summed E-state index contributed by atoms with van der Waals surface area (Å²) in [6, 6.07) is 59.7. The highest BCUT2D eigenvalue weighted by Gasteiger charge is 2.20. The fraction of sp³-hybridized carbons (Fsp3) is 0. The summed E-state index contributed by atoms with van der Waals surface area (Å²) in [6.07, 6.45) is 0. The molecule has 0 saturated heterocycles. The zero-order valence-corrected chi connectivity index (χ0v) is 27.3. The van der Waals surface area contributed by atoms with Crippen molar-refractivity contribution in [3.8, 4) is 34.0 Å². The summed E-state index contributed by atoms with van der Waals surface area (Å²) < 4.78 is 6.70. The Bertz CT molecular complexity index is 3130. The van der Waals surface area contributed by atoms with Crippen LogP contribution in [0.5, 0.6) is 0 Å². The van der Waals surface area contributed by atoms with Crippen molar-refractivity contribution < 1.29 is 0 Å². The molecule has 238 valence electrons. The zero-order valence-electron chi connectivity index (χ0n) is 27.3. The summed E-state index contributed by atoms with van der Waals surface area (Å²) >= 11 is 0. The van der Waals surface area contributed by atoms with E-state index in [2.05, 4.69) is 137 Å². The predicted molar refractivity (Wildman–Crippen MR) is 208 cm³/mol. The molecule has 0 aliphatic heterocycles. The molecule has 0 aliphatic carbocycles. The molecular formula is C45H28N6. The molecule has 0 spiro atoms. The molecule has 7 aromatic carbocycles. The van der Waals surface area contributed by atoms with Crippen LogP contribution in [0.2, 0.25) is 0 Å². The van der Waals surface area contributed by atoms with Crippen LogP contribution in [0.15, 0.2) is 170 Å². The third-order valence-electron chi connectivity index (χ3n) is 10.1. The second-order valence-corrected chi connectivity index (χ2v) is 13.0. The van der Waals surface area contributed by atoms with E-state index in [1.165, 1.54) is 32.6 Å². The normalized spacial score (nSPS) is 11.9. The van der Waals surface area contributed by atoms with Crippen LogP contribution < -0.4 is 0 Å². The van der Waals surface area contributed by atoms with Gasteiger partial charge in [0.2, 0.25) is 0 Å². The number of rotatable bonds is 4. The first-order chi connectivity index (χ1) is 25.3. The largest absolute Gasteiger partial charge is 0.309 e. The maximum absolute atomic E-state index is 5.14. The quantitative estimate of drug-likeness (QED) is 0.190. The molecule has 0 N–H and O–H groups in total. The van der Waals surface area contributed by atoms with Gasteiger partial charge in [0.05, 0.1) is 33.1 Å². The Hall–Kier alpha value is -7.05. The van der Waals surface area contributed by atoms with E-state index in [-0.39, 0.29) is 0 Å². The van der Waals surface area contributed by atoms with Crippen LogP contribution in [0, 0.1) is 0 Å². The van der Waals surface area contributed by atoms with Crippen molar-refractivity contribution in [2.45, 2.75) is 0 Å². The highest BCUT2D eigenvalue weighted by molar-refractivity contribution is 6.19. The van der Waals surface area contributed by atoms with Gasteiger partial charge in [-0.2, -0.15) is 0 Å². The number of para-hydroxylation sites is 5. The Labute approximate surface area is 292 Å². The lowest BCUT2D eigenvalue weighted by molar-refractivity contribution is 1.00. The van der Waals surface area contributed by atoms with Gasteiger partial charge in [-0.05, 0) is 60.7 Å². The first-order valence-electron chi connectivity index (χ1n) is 17.1. The third kappa shape index (κ3) is 4.14. The topological polar surface area (TPSA) is 52.9 Å². The van der Waals surface area contributed by atoms with Gasteiger partial charge in [-0.1, -0.05) is 109 Å².